The van der Waals surface area contributed by atoms with Crippen molar-refractivity contribution in [1.82, 2.24) is 4.90 Å². The summed E-state index contributed by atoms with van der Waals surface area (Å²) in [5.41, 5.74) is 0.383. The highest BCUT2D eigenvalue weighted by atomic mass is 32.1. The first-order chi connectivity index (χ1) is 9.56. The van der Waals surface area contributed by atoms with E-state index in [2.05, 4.69) is 50.1 Å². The number of hydrogen-bond acceptors (Lipinski definition) is 3. The molecule has 0 radical (unpaired) electrons. The predicted molar refractivity (Wildman–Crippen MR) is 96.0 cm³/mol. The fourth-order valence-electron chi connectivity index (χ4n) is 3.01. The van der Waals surface area contributed by atoms with Gasteiger partial charge in [-0.25, -0.2) is 0 Å². The Balaban J connectivity index is 2.79. The van der Waals surface area contributed by atoms with Crippen LogP contribution in [0.2, 0.25) is 0 Å². The van der Waals surface area contributed by atoms with Crippen molar-refractivity contribution in [3.05, 3.63) is 22.4 Å². The van der Waals surface area contributed by atoms with Gasteiger partial charge in [0, 0.05) is 24.0 Å². The van der Waals surface area contributed by atoms with Crippen molar-refractivity contribution < 1.29 is 0 Å². The number of thiol groups is 1. The second-order valence-corrected chi connectivity index (χ2v) is 7.58. The molecule has 0 unspecified atom stereocenters. The molecule has 0 N–H and O–H groups in total. The van der Waals surface area contributed by atoms with Crippen molar-refractivity contribution in [3.63, 3.8) is 0 Å². The lowest BCUT2D eigenvalue weighted by Gasteiger charge is -2.39. The first kappa shape index (κ1) is 18.1. The number of hydrogen-bond donors (Lipinski definition) is 1. The molecule has 1 aromatic heterocycles. The van der Waals surface area contributed by atoms with Gasteiger partial charge in [-0.15, -0.1) is 11.3 Å². The van der Waals surface area contributed by atoms with Crippen molar-refractivity contribution in [1.29, 1.82) is 0 Å². The largest absolute Gasteiger partial charge is 0.295 e. The van der Waals surface area contributed by atoms with Gasteiger partial charge in [-0.2, -0.15) is 12.6 Å². The summed E-state index contributed by atoms with van der Waals surface area (Å²) in [6, 6.07) is 5.00. The first-order valence-corrected chi connectivity index (χ1v) is 9.45. The van der Waals surface area contributed by atoms with E-state index in [0.29, 0.717) is 11.5 Å². The molecule has 1 nitrogen and oxygen atoms in total. The van der Waals surface area contributed by atoms with Crippen LogP contribution in [0, 0.1) is 5.41 Å². The Morgan fingerprint density at radius 1 is 1.25 bits per heavy atom. The van der Waals surface area contributed by atoms with Crippen LogP contribution in [0.1, 0.15) is 58.3 Å². The van der Waals surface area contributed by atoms with Crippen LogP contribution in [0.3, 0.4) is 0 Å². The van der Waals surface area contributed by atoms with Gasteiger partial charge in [0.2, 0.25) is 0 Å². The molecule has 0 atom stereocenters. The second-order valence-electron chi connectivity index (χ2n) is 6.24. The molecule has 0 aliphatic heterocycles. The van der Waals surface area contributed by atoms with Gasteiger partial charge in [0.15, 0.2) is 0 Å². The number of thiophene rings is 1. The Morgan fingerprint density at radius 2 is 1.90 bits per heavy atom. The highest BCUT2D eigenvalue weighted by molar-refractivity contribution is 7.80. The molecule has 0 aromatic carbocycles. The SMILES string of the molecule is CCCC(CS)(CCC)CN(Cc1cccs1)C(C)C. The Morgan fingerprint density at radius 3 is 2.30 bits per heavy atom. The van der Waals surface area contributed by atoms with E-state index in [4.69, 9.17) is 12.6 Å². The Bertz CT molecular complexity index is 340. The summed E-state index contributed by atoms with van der Waals surface area (Å²) in [5, 5.41) is 2.18. The fourth-order valence-corrected chi connectivity index (χ4v) is 4.15. The lowest BCUT2D eigenvalue weighted by atomic mass is 9.80. The molecule has 0 fully saturated rings. The summed E-state index contributed by atoms with van der Waals surface area (Å²) in [7, 11) is 0. The zero-order valence-corrected chi connectivity index (χ0v) is 15.3. The van der Waals surface area contributed by atoms with E-state index < -0.39 is 0 Å². The molecule has 0 spiro atoms. The van der Waals surface area contributed by atoms with Crippen LogP contribution in [-0.4, -0.2) is 23.2 Å². The smallest absolute Gasteiger partial charge is 0.0330 e. The van der Waals surface area contributed by atoms with Gasteiger partial charge in [0.05, 0.1) is 0 Å². The van der Waals surface area contributed by atoms with Gasteiger partial charge in [-0.05, 0) is 49.3 Å². The average molecular weight is 314 g/mol. The predicted octanol–water partition coefficient (Wildman–Crippen LogP) is 5.47. The summed E-state index contributed by atoms with van der Waals surface area (Å²) in [4.78, 5) is 4.10. The molecular formula is C17H31NS2. The summed E-state index contributed by atoms with van der Waals surface area (Å²) in [6.45, 7) is 11.5. The molecule has 20 heavy (non-hydrogen) atoms. The van der Waals surface area contributed by atoms with Crippen LogP contribution in [0.25, 0.3) is 0 Å². The van der Waals surface area contributed by atoms with Gasteiger partial charge >= 0.3 is 0 Å². The number of nitrogens with zero attached hydrogens (tertiary/aromatic N) is 1. The summed E-state index contributed by atoms with van der Waals surface area (Å²) in [5.74, 6) is 1.00. The van der Waals surface area contributed by atoms with Gasteiger partial charge in [-0.1, -0.05) is 32.8 Å². The quantitative estimate of drug-likeness (QED) is 0.560. The topological polar surface area (TPSA) is 3.24 Å². The summed E-state index contributed by atoms with van der Waals surface area (Å²) >= 11 is 6.57. The Kier molecular flexibility index (Phi) is 8.23. The van der Waals surface area contributed by atoms with E-state index in [1.54, 1.807) is 0 Å². The number of rotatable bonds is 10. The fraction of sp³-hybridized carbons (Fsp3) is 0.765. The van der Waals surface area contributed by atoms with Crippen LogP contribution in [0.15, 0.2) is 17.5 Å². The van der Waals surface area contributed by atoms with Gasteiger partial charge < -0.3 is 0 Å². The van der Waals surface area contributed by atoms with Crippen molar-refractivity contribution in [2.24, 2.45) is 5.41 Å². The molecule has 0 aliphatic carbocycles. The Labute approximate surface area is 135 Å². The highest BCUT2D eigenvalue weighted by Crippen LogP contribution is 2.33. The third kappa shape index (κ3) is 5.42. The van der Waals surface area contributed by atoms with Gasteiger partial charge in [0.25, 0.3) is 0 Å². The lowest BCUT2D eigenvalue weighted by molar-refractivity contribution is 0.114. The van der Waals surface area contributed by atoms with E-state index in [0.717, 1.165) is 12.3 Å². The minimum atomic E-state index is 0.383. The van der Waals surface area contributed by atoms with E-state index in [1.807, 2.05) is 11.3 Å². The van der Waals surface area contributed by atoms with E-state index >= 15 is 0 Å². The van der Waals surface area contributed by atoms with Crippen LogP contribution in [0.4, 0.5) is 0 Å². The normalized spacial score (nSPS) is 12.6. The van der Waals surface area contributed by atoms with Crippen LogP contribution >= 0.6 is 24.0 Å². The van der Waals surface area contributed by atoms with Crippen molar-refractivity contribution >= 4 is 24.0 Å². The summed E-state index contributed by atoms with van der Waals surface area (Å²) in [6.07, 6.45) is 5.09. The minimum absolute atomic E-state index is 0.383. The maximum Gasteiger partial charge on any atom is 0.0330 e. The zero-order valence-electron chi connectivity index (χ0n) is 13.6. The maximum absolute atomic E-state index is 4.70. The zero-order chi connectivity index (χ0) is 15.0. The monoisotopic (exact) mass is 313 g/mol. The second kappa shape index (κ2) is 9.11. The standard InChI is InChI=1S/C17H31NS2/c1-5-9-17(14-19,10-6-2)13-18(15(3)4)12-16-8-7-11-20-16/h7-8,11,15,19H,5-6,9-10,12-14H2,1-4H3. The molecule has 0 saturated carbocycles. The molecule has 0 saturated heterocycles. The van der Waals surface area contributed by atoms with Crippen molar-refractivity contribution in [2.75, 3.05) is 12.3 Å². The first-order valence-electron chi connectivity index (χ1n) is 7.94. The summed E-state index contributed by atoms with van der Waals surface area (Å²) < 4.78 is 0. The van der Waals surface area contributed by atoms with Gasteiger partial charge in [0.1, 0.15) is 0 Å². The minimum Gasteiger partial charge on any atom is -0.295 e. The lowest BCUT2D eigenvalue weighted by Crippen LogP contribution is -2.42. The van der Waals surface area contributed by atoms with E-state index in [-0.39, 0.29) is 0 Å². The average Bonchev–Trinajstić information content (AvgIpc) is 2.91. The van der Waals surface area contributed by atoms with E-state index in [9.17, 15) is 0 Å². The molecule has 0 bridgehead atoms. The molecular weight excluding hydrogens is 282 g/mol. The molecule has 0 amide bonds. The van der Waals surface area contributed by atoms with Gasteiger partial charge in [-0.3, -0.25) is 4.90 Å². The maximum atomic E-state index is 4.70. The van der Waals surface area contributed by atoms with Crippen LogP contribution in [-0.2, 0) is 6.54 Å². The van der Waals surface area contributed by atoms with E-state index in [1.165, 1.54) is 37.1 Å². The third-order valence-electron chi connectivity index (χ3n) is 4.10. The van der Waals surface area contributed by atoms with Crippen molar-refractivity contribution in [3.8, 4) is 0 Å². The molecule has 1 rings (SSSR count). The van der Waals surface area contributed by atoms with Crippen LogP contribution in [0.5, 0.6) is 0 Å². The molecule has 1 aromatic rings. The molecule has 3 heteroatoms. The van der Waals surface area contributed by atoms with Crippen molar-refractivity contribution in [2.45, 2.75) is 66.0 Å². The Hall–Kier alpha value is 0.01000. The molecule has 0 aliphatic rings. The molecule has 116 valence electrons. The highest BCUT2D eigenvalue weighted by Gasteiger charge is 2.30. The molecule has 1 heterocycles. The third-order valence-corrected chi connectivity index (χ3v) is 5.64. The van der Waals surface area contributed by atoms with Crippen LogP contribution < -0.4 is 0 Å².